The fourth-order valence-corrected chi connectivity index (χ4v) is 1.45. The van der Waals surface area contributed by atoms with Gasteiger partial charge < -0.3 is 4.74 Å². The van der Waals surface area contributed by atoms with Crippen molar-refractivity contribution in [1.29, 1.82) is 0 Å². The summed E-state index contributed by atoms with van der Waals surface area (Å²) in [5.41, 5.74) is 1.88. The number of ether oxygens (including phenoxy) is 1. The van der Waals surface area contributed by atoms with Gasteiger partial charge in [0.25, 0.3) is 0 Å². The molecule has 0 aliphatic heterocycles. The third-order valence-corrected chi connectivity index (χ3v) is 2.28. The van der Waals surface area contributed by atoms with Gasteiger partial charge in [-0.15, -0.1) is 6.42 Å². The minimum Gasteiger partial charge on any atom is -0.444 e. The van der Waals surface area contributed by atoms with Crippen LogP contribution in [0.15, 0.2) is 18.2 Å². The maximum Gasteiger partial charge on any atom is 0.412 e. The van der Waals surface area contributed by atoms with Crippen LogP contribution in [0.5, 0.6) is 0 Å². The molecule has 0 unspecified atom stereocenters. The van der Waals surface area contributed by atoms with Gasteiger partial charge in [-0.05, 0) is 44.9 Å². The summed E-state index contributed by atoms with van der Waals surface area (Å²) in [6, 6.07) is 5.64. The number of hydrogen-bond donors (Lipinski definition) is 1. The maximum absolute atomic E-state index is 11.6. The van der Waals surface area contributed by atoms with Gasteiger partial charge in [0.1, 0.15) is 5.60 Å². The van der Waals surface area contributed by atoms with Crippen LogP contribution in [0.1, 0.15) is 38.8 Å². The van der Waals surface area contributed by atoms with Crippen LogP contribution in [0, 0.1) is 12.3 Å². The molecule has 1 amide bonds. The number of rotatable bonds is 2. The average molecular weight is 245 g/mol. The first-order chi connectivity index (χ1) is 8.35. The predicted octanol–water partition coefficient (Wildman–Crippen LogP) is 3.58. The quantitative estimate of drug-likeness (QED) is 0.809. The van der Waals surface area contributed by atoms with Gasteiger partial charge in [0, 0.05) is 5.56 Å². The van der Waals surface area contributed by atoms with Crippen molar-refractivity contribution < 1.29 is 9.53 Å². The molecule has 1 rings (SSSR count). The molecule has 0 aromatic heterocycles. The van der Waals surface area contributed by atoms with Crippen LogP contribution in [0.3, 0.4) is 0 Å². The maximum atomic E-state index is 11.6. The molecule has 0 atom stereocenters. The van der Waals surface area contributed by atoms with Gasteiger partial charge in [-0.2, -0.15) is 0 Å². The van der Waals surface area contributed by atoms with E-state index in [1.54, 1.807) is 6.07 Å². The fraction of sp³-hybridized carbons (Fsp3) is 0.400. The molecule has 0 saturated heterocycles. The first kappa shape index (κ1) is 14.1. The van der Waals surface area contributed by atoms with E-state index in [9.17, 15) is 4.79 Å². The van der Waals surface area contributed by atoms with Crippen molar-refractivity contribution in [2.45, 2.75) is 39.7 Å². The first-order valence-corrected chi connectivity index (χ1v) is 5.95. The standard InChI is InChI=1S/C15H19NO2/c1-6-11-8-9-13(12(7-2)10-11)16-14(17)18-15(3,4)5/h2,8-10H,6H2,1,3-5H3,(H,16,17). The summed E-state index contributed by atoms with van der Waals surface area (Å²) in [6.07, 6.45) is 5.84. The van der Waals surface area contributed by atoms with E-state index in [1.165, 1.54) is 0 Å². The van der Waals surface area contributed by atoms with E-state index in [0.29, 0.717) is 11.3 Å². The second-order valence-corrected chi connectivity index (χ2v) is 5.00. The third kappa shape index (κ3) is 4.14. The lowest BCUT2D eigenvalue weighted by Gasteiger charge is -2.20. The zero-order valence-electron chi connectivity index (χ0n) is 11.3. The second kappa shape index (κ2) is 5.59. The van der Waals surface area contributed by atoms with Gasteiger partial charge in [-0.3, -0.25) is 5.32 Å². The Morgan fingerprint density at radius 2 is 2.11 bits per heavy atom. The molecule has 0 aliphatic carbocycles. The molecule has 18 heavy (non-hydrogen) atoms. The lowest BCUT2D eigenvalue weighted by molar-refractivity contribution is 0.0636. The van der Waals surface area contributed by atoms with Gasteiger partial charge in [-0.25, -0.2) is 4.79 Å². The Bertz CT molecular complexity index is 478. The van der Waals surface area contributed by atoms with Crippen LogP contribution in [-0.4, -0.2) is 11.7 Å². The van der Waals surface area contributed by atoms with Crippen molar-refractivity contribution >= 4 is 11.8 Å². The highest BCUT2D eigenvalue weighted by Crippen LogP contribution is 2.18. The third-order valence-electron chi connectivity index (χ3n) is 2.28. The monoisotopic (exact) mass is 245 g/mol. The molecule has 1 N–H and O–H groups in total. The van der Waals surface area contributed by atoms with E-state index in [2.05, 4.69) is 18.2 Å². The average Bonchev–Trinajstić information content (AvgIpc) is 2.27. The summed E-state index contributed by atoms with van der Waals surface area (Å²) < 4.78 is 5.18. The van der Waals surface area contributed by atoms with E-state index in [0.717, 1.165) is 12.0 Å². The summed E-state index contributed by atoms with van der Waals surface area (Å²) >= 11 is 0. The minimum atomic E-state index is -0.524. The number of aryl methyl sites for hydroxylation is 1. The largest absolute Gasteiger partial charge is 0.444 e. The topological polar surface area (TPSA) is 38.3 Å². The van der Waals surface area contributed by atoms with Crippen molar-refractivity contribution in [2.75, 3.05) is 5.32 Å². The van der Waals surface area contributed by atoms with E-state index >= 15 is 0 Å². The fourth-order valence-electron chi connectivity index (χ4n) is 1.45. The van der Waals surface area contributed by atoms with Crippen molar-refractivity contribution in [2.24, 2.45) is 0 Å². The number of nitrogens with one attached hydrogen (secondary N) is 1. The van der Waals surface area contributed by atoms with E-state index in [-0.39, 0.29) is 0 Å². The number of anilines is 1. The first-order valence-electron chi connectivity index (χ1n) is 5.95. The lowest BCUT2D eigenvalue weighted by atomic mass is 10.1. The molecule has 1 aromatic rings. The van der Waals surface area contributed by atoms with E-state index < -0.39 is 11.7 Å². The Hall–Kier alpha value is -1.95. The molecule has 0 saturated carbocycles. The minimum absolute atomic E-state index is 0.497. The Balaban J connectivity index is 2.85. The Morgan fingerprint density at radius 3 is 2.61 bits per heavy atom. The van der Waals surface area contributed by atoms with Gasteiger partial charge in [0.05, 0.1) is 5.69 Å². The zero-order valence-corrected chi connectivity index (χ0v) is 11.3. The number of carbonyl (C=O) groups is 1. The van der Waals surface area contributed by atoms with Crippen LogP contribution in [0.2, 0.25) is 0 Å². The summed E-state index contributed by atoms with van der Waals surface area (Å²) in [7, 11) is 0. The molecule has 1 aromatic carbocycles. The Morgan fingerprint density at radius 1 is 1.44 bits per heavy atom. The number of hydrogen-bond acceptors (Lipinski definition) is 2. The molecule has 0 fully saturated rings. The number of carbonyl (C=O) groups excluding carboxylic acids is 1. The molecule has 0 bridgehead atoms. The Labute approximate surface area is 109 Å². The number of benzene rings is 1. The van der Waals surface area contributed by atoms with Gasteiger partial charge >= 0.3 is 6.09 Å². The smallest absolute Gasteiger partial charge is 0.412 e. The molecule has 3 nitrogen and oxygen atoms in total. The summed E-state index contributed by atoms with van der Waals surface area (Å²) in [4.78, 5) is 11.6. The molecule has 0 spiro atoms. The van der Waals surface area contributed by atoms with Crippen molar-refractivity contribution in [1.82, 2.24) is 0 Å². The summed E-state index contributed by atoms with van der Waals surface area (Å²) in [5.74, 6) is 2.57. The van der Waals surface area contributed by atoms with Crippen molar-refractivity contribution in [3.05, 3.63) is 29.3 Å². The molecule has 3 heteroatoms. The highest BCUT2D eigenvalue weighted by Gasteiger charge is 2.16. The highest BCUT2D eigenvalue weighted by molar-refractivity contribution is 5.87. The normalized spacial score (nSPS) is 10.6. The van der Waals surface area contributed by atoms with Gasteiger partial charge in [-0.1, -0.05) is 18.9 Å². The van der Waals surface area contributed by atoms with Crippen LogP contribution in [-0.2, 0) is 11.2 Å². The van der Waals surface area contributed by atoms with Gasteiger partial charge in [0.15, 0.2) is 0 Å². The van der Waals surface area contributed by atoms with Crippen molar-refractivity contribution in [3.63, 3.8) is 0 Å². The second-order valence-electron chi connectivity index (χ2n) is 5.00. The van der Waals surface area contributed by atoms with E-state index in [1.807, 2.05) is 32.9 Å². The lowest BCUT2D eigenvalue weighted by Crippen LogP contribution is -2.27. The molecule has 0 heterocycles. The zero-order chi connectivity index (χ0) is 13.8. The SMILES string of the molecule is C#Cc1cc(CC)ccc1NC(=O)OC(C)(C)C. The van der Waals surface area contributed by atoms with Crippen LogP contribution < -0.4 is 5.32 Å². The summed E-state index contributed by atoms with van der Waals surface area (Å²) in [6.45, 7) is 7.50. The van der Waals surface area contributed by atoms with Crippen molar-refractivity contribution in [3.8, 4) is 12.3 Å². The summed E-state index contributed by atoms with van der Waals surface area (Å²) in [5, 5.41) is 2.67. The molecule has 0 radical (unpaired) electrons. The predicted molar refractivity (Wildman–Crippen MR) is 73.6 cm³/mol. The van der Waals surface area contributed by atoms with Crippen LogP contribution >= 0.6 is 0 Å². The highest BCUT2D eigenvalue weighted by atomic mass is 16.6. The Kier molecular flexibility index (Phi) is 4.38. The molecule has 96 valence electrons. The van der Waals surface area contributed by atoms with Crippen LogP contribution in [0.4, 0.5) is 10.5 Å². The van der Waals surface area contributed by atoms with E-state index in [4.69, 9.17) is 11.2 Å². The molecule has 0 aliphatic rings. The van der Waals surface area contributed by atoms with Gasteiger partial charge in [0.2, 0.25) is 0 Å². The number of amides is 1. The molecular formula is C15H19NO2. The van der Waals surface area contributed by atoms with Crippen LogP contribution in [0.25, 0.3) is 0 Å². The number of terminal acetylenes is 1. The molecular weight excluding hydrogens is 226 g/mol.